The smallest absolute Gasteiger partial charge is 0.340 e. The summed E-state index contributed by atoms with van der Waals surface area (Å²) in [5.74, 6) is -2.45. The molecule has 11 heteroatoms. The molecule has 0 fully saturated rings. The number of aliphatic hydroxyl groups excluding tert-OH is 1. The second-order valence-corrected chi connectivity index (χ2v) is 6.06. The summed E-state index contributed by atoms with van der Waals surface area (Å²) in [6.45, 7) is 1.27. The zero-order chi connectivity index (χ0) is 24.1. The highest BCUT2D eigenvalue weighted by molar-refractivity contribution is 7.28. The van der Waals surface area contributed by atoms with Gasteiger partial charge in [0.1, 0.15) is 11.4 Å². The Morgan fingerprint density at radius 3 is 2.19 bits per heavy atom. The molecule has 168 valence electrons. The molecule has 0 spiro atoms. The Balaban J connectivity index is 0.00000161. The Morgan fingerprint density at radius 1 is 1.06 bits per heavy atom. The second kappa shape index (κ2) is 13.4. The molecule has 0 aromatic heterocycles. The number of rotatable bonds is 6. The standard InChI is InChI=1S/C20H19N3O6.CH2OP/c1-12(24)17(18(25)21-14-7-5-4-6-8-14)23-22-16-11-13(19(26)28-2)9-10-15(16)20(27)29-3;1-3-2/h4-11,24H,1-3H3,(H,21,25);1H2/q;-1. The minimum absolute atomic E-state index is 0.0160. The van der Waals surface area contributed by atoms with Gasteiger partial charge in [-0.05, 0) is 37.3 Å². The number of carbonyl (C=O) groups is 3. The van der Waals surface area contributed by atoms with Gasteiger partial charge < -0.3 is 24.8 Å². The fourth-order valence-corrected chi connectivity index (χ4v) is 2.24. The summed E-state index contributed by atoms with van der Waals surface area (Å²) in [4.78, 5) is 44.9. The predicted octanol–water partition coefficient (Wildman–Crippen LogP) is 3.41. The van der Waals surface area contributed by atoms with Gasteiger partial charge in [-0.2, -0.15) is 0 Å². The average molecular weight is 458 g/mol. The van der Waals surface area contributed by atoms with Gasteiger partial charge in [-0.1, -0.05) is 24.5 Å². The number of nitrogens with zero attached hydrogens (tertiary/aromatic N) is 2. The van der Waals surface area contributed by atoms with Gasteiger partial charge in [0.25, 0.3) is 5.91 Å². The van der Waals surface area contributed by atoms with Gasteiger partial charge in [0.2, 0.25) is 0 Å². The van der Waals surface area contributed by atoms with Crippen LogP contribution in [0.5, 0.6) is 0 Å². The number of aliphatic hydroxyl groups is 1. The molecule has 2 rings (SSSR count). The number of nitrogens with one attached hydrogen (secondary N) is 1. The number of ether oxygens (including phenoxy) is 2. The molecule has 0 saturated heterocycles. The van der Waals surface area contributed by atoms with Crippen LogP contribution in [-0.2, 0) is 14.3 Å². The molecule has 0 aliphatic heterocycles. The molecule has 0 atom stereocenters. The topological polar surface area (TPSA) is 150 Å². The van der Waals surface area contributed by atoms with Crippen LogP contribution in [0.3, 0.4) is 0 Å². The maximum Gasteiger partial charge on any atom is 0.340 e. The first-order valence-corrected chi connectivity index (χ1v) is 9.85. The molecule has 2 aromatic carbocycles. The van der Waals surface area contributed by atoms with E-state index in [-0.39, 0.29) is 36.7 Å². The van der Waals surface area contributed by atoms with Crippen molar-refractivity contribution in [3.63, 3.8) is 0 Å². The van der Waals surface area contributed by atoms with Crippen LogP contribution < -0.4 is 10.2 Å². The van der Waals surface area contributed by atoms with E-state index >= 15 is 0 Å². The molecule has 10 nitrogen and oxygen atoms in total. The molecule has 0 aliphatic carbocycles. The number of benzene rings is 2. The second-order valence-electron chi connectivity index (χ2n) is 5.80. The molecule has 0 radical (unpaired) electrons. The molecule has 32 heavy (non-hydrogen) atoms. The molecule has 0 heterocycles. The van der Waals surface area contributed by atoms with Crippen LogP contribution in [-0.4, -0.2) is 43.5 Å². The Bertz CT molecular complexity index is 1030. The first kappa shape index (κ1) is 26.2. The SMILES string of the molecule is C=P[O-].COC(=O)c1ccc(C(=O)OC)c(N=NC(C(=O)Nc2ccccc2)=C(C)O)c1. The third-order valence-corrected chi connectivity index (χ3v) is 3.67. The Kier molecular flexibility index (Phi) is 11.0. The summed E-state index contributed by atoms with van der Waals surface area (Å²) < 4.78 is 9.33. The quantitative estimate of drug-likeness (QED) is 0.221. The number of allylic oxidation sites excluding steroid dienone is 1. The number of anilines is 1. The Hall–Kier alpha value is -3.88. The zero-order valence-electron chi connectivity index (χ0n) is 17.6. The van der Waals surface area contributed by atoms with Crippen molar-refractivity contribution in [3.05, 3.63) is 71.1 Å². The van der Waals surface area contributed by atoms with E-state index in [2.05, 4.69) is 31.3 Å². The molecular formula is C21H21N3O7P-. The van der Waals surface area contributed by atoms with Crippen molar-refractivity contribution in [1.29, 1.82) is 0 Å². The summed E-state index contributed by atoms with van der Waals surface area (Å²) >= 11 is 0. The van der Waals surface area contributed by atoms with E-state index < -0.39 is 17.8 Å². The Morgan fingerprint density at radius 2 is 1.66 bits per heavy atom. The normalized spacial score (nSPS) is 11.1. The first-order chi connectivity index (χ1) is 15.3. The van der Waals surface area contributed by atoms with Crippen LogP contribution in [0.25, 0.3) is 0 Å². The summed E-state index contributed by atoms with van der Waals surface area (Å²) in [6.07, 6.45) is 2.90. The fraction of sp³-hybridized carbons (Fsp3) is 0.143. The summed E-state index contributed by atoms with van der Waals surface area (Å²) in [5.41, 5.74) is 0.227. The largest absolute Gasteiger partial charge is 0.806 e. The molecule has 0 saturated carbocycles. The highest BCUT2D eigenvalue weighted by atomic mass is 31.1. The van der Waals surface area contributed by atoms with Gasteiger partial charge in [0.15, 0.2) is 5.70 Å². The van der Waals surface area contributed by atoms with E-state index in [0.29, 0.717) is 5.69 Å². The van der Waals surface area contributed by atoms with E-state index in [9.17, 15) is 19.5 Å². The third kappa shape index (κ3) is 7.75. The lowest BCUT2D eigenvalue weighted by Crippen LogP contribution is -2.14. The summed E-state index contributed by atoms with van der Waals surface area (Å²) in [6, 6.07) is 12.5. The summed E-state index contributed by atoms with van der Waals surface area (Å²) in [5, 5.41) is 20.1. The molecule has 0 unspecified atom stereocenters. The minimum Gasteiger partial charge on any atom is -0.806 e. The van der Waals surface area contributed by atoms with Gasteiger partial charge in [-0.15, -0.1) is 10.2 Å². The van der Waals surface area contributed by atoms with E-state index in [1.807, 2.05) is 0 Å². The van der Waals surface area contributed by atoms with E-state index in [4.69, 9.17) is 4.89 Å². The molecule has 2 N–H and O–H groups in total. The van der Waals surface area contributed by atoms with Crippen LogP contribution in [0, 0.1) is 0 Å². The highest BCUT2D eigenvalue weighted by Crippen LogP contribution is 2.24. The lowest BCUT2D eigenvalue weighted by molar-refractivity contribution is -0.144. The van der Waals surface area contributed by atoms with Crippen molar-refractivity contribution in [3.8, 4) is 0 Å². The van der Waals surface area contributed by atoms with Crippen molar-refractivity contribution in [1.82, 2.24) is 0 Å². The minimum atomic E-state index is -0.713. The third-order valence-electron chi connectivity index (χ3n) is 3.67. The van der Waals surface area contributed by atoms with Crippen LogP contribution in [0.2, 0.25) is 0 Å². The lowest BCUT2D eigenvalue weighted by Gasteiger charge is -2.07. The number of azo groups is 1. The van der Waals surface area contributed by atoms with Crippen LogP contribution in [0.1, 0.15) is 27.6 Å². The summed E-state index contributed by atoms with van der Waals surface area (Å²) in [7, 11) is 2.32. The van der Waals surface area contributed by atoms with Crippen LogP contribution in [0.15, 0.2) is 70.2 Å². The first-order valence-electron chi connectivity index (χ1n) is 8.86. The van der Waals surface area contributed by atoms with Crippen LogP contribution >= 0.6 is 8.43 Å². The van der Waals surface area contributed by atoms with E-state index in [0.717, 1.165) is 0 Å². The molecule has 2 aromatic rings. The van der Waals surface area contributed by atoms with Crippen molar-refractivity contribution in [2.24, 2.45) is 10.2 Å². The number of hydrogen-bond donors (Lipinski definition) is 2. The highest BCUT2D eigenvalue weighted by Gasteiger charge is 2.17. The van der Waals surface area contributed by atoms with Gasteiger partial charge >= 0.3 is 11.9 Å². The molecule has 0 bridgehead atoms. The van der Waals surface area contributed by atoms with Gasteiger partial charge in [0, 0.05) is 5.69 Å². The maximum absolute atomic E-state index is 12.4. The number of hydrogen-bond acceptors (Lipinski definition) is 9. The van der Waals surface area contributed by atoms with Gasteiger partial charge in [-0.3, -0.25) is 4.79 Å². The van der Waals surface area contributed by atoms with Crippen LogP contribution in [0.4, 0.5) is 11.4 Å². The van der Waals surface area contributed by atoms with E-state index in [1.165, 1.54) is 39.3 Å². The fourth-order valence-electron chi connectivity index (χ4n) is 2.24. The molecular weight excluding hydrogens is 437 g/mol. The number of para-hydroxylation sites is 1. The lowest BCUT2D eigenvalue weighted by atomic mass is 10.1. The zero-order valence-corrected chi connectivity index (χ0v) is 18.5. The number of amides is 1. The number of carbonyl (C=O) groups excluding carboxylic acids is 3. The number of esters is 2. The number of methoxy groups -OCH3 is 2. The van der Waals surface area contributed by atoms with E-state index in [1.54, 1.807) is 30.3 Å². The Labute approximate surface area is 186 Å². The molecule has 0 aliphatic rings. The average Bonchev–Trinajstić information content (AvgIpc) is 2.79. The van der Waals surface area contributed by atoms with Crippen molar-refractivity contribution in [2.75, 3.05) is 19.5 Å². The van der Waals surface area contributed by atoms with Crippen molar-refractivity contribution < 1.29 is 33.9 Å². The van der Waals surface area contributed by atoms with Gasteiger partial charge in [-0.25, -0.2) is 18.0 Å². The predicted molar refractivity (Wildman–Crippen MR) is 118 cm³/mol. The van der Waals surface area contributed by atoms with Gasteiger partial charge in [0.05, 0.1) is 25.3 Å². The monoisotopic (exact) mass is 458 g/mol. The maximum atomic E-state index is 12.4. The van der Waals surface area contributed by atoms with Crippen molar-refractivity contribution in [2.45, 2.75) is 6.92 Å². The van der Waals surface area contributed by atoms with Crippen molar-refractivity contribution >= 4 is 44.0 Å². The molecule has 1 amide bonds.